The Morgan fingerprint density at radius 1 is 1.20 bits per heavy atom. The van der Waals surface area contributed by atoms with Crippen molar-refractivity contribution in [1.82, 2.24) is 15.5 Å². The van der Waals surface area contributed by atoms with Gasteiger partial charge in [0.05, 0.1) is 23.2 Å². The van der Waals surface area contributed by atoms with Crippen LogP contribution in [-0.2, 0) is 23.9 Å². The van der Waals surface area contributed by atoms with E-state index in [1.165, 1.54) is 23.1 Å². The van der Waals surface area contributed by atoms with Crippen molar-refractivity contribution in [1.29, 1.82) is 0 Å². The molecule has 0 radical (unpaired) electrons. The summed E-state index contributed by atoms with van der Waals surface area (Å²) in [6.45, 7) is 1.97. The lowest BCUT2D eigenvalue weighted by atomic mass is 10.1. The van der Waals surface area contributed by atoms with E-state index in [1.807, 2.05) is 0 Å². The minimum atomic E-state index is -0.859. The monoisotopic (exact) mass is 506 g/mol. The van der Waals surface area contributed by atoms with Gasteiger partial charge in [-0.1, -0.05) is 24.4 Å². The number of hydrogen-bond acceptors (Lipinski definition) is 7. The van der Waals surface area contributed by atoms with Crippen LogP contribution in [0.15, 0.2) is 18.2 Å². The molecule has 4 rings (SSSR count). The number of benzene rings is 1. The van der Waals surface area contributed by atoms with Crippen molar-refractivity contribution in [2.24, 2.45) is 0 Å². The van der Waals surface area contributed by atoms with Gasteiger partial charge in [0, 0.05) is 12.1 Å². The molecular weight excluding hydrogens is 476 g/mol. The zero-order valence-corrected chi connectivity index (χ0v) is 20.4. The van der Waals surface area contributed by atoms with E-state index >= 15 is 0 Å². The van der Waals surface area contributed by atoms with Crippen LogP contribution >= 0.6 is 11.6 Å². The second kappa shape index (κ2) is 10.8. The van der Waals surface area contributed by atoms with Crippen molar-refractivity contribution in [2.45, 2.75) is 82.4 Å². The third kappa shape index (κ3) is 5.87. The Kier molecular flexibility index (Phi) is 7.81. The molecule has 1 saturated carbocycles. The number of anilines is 1. The highest BCUT2D eigenvalue weighted by Gasteiger charge is 2.42. The summed E-state index contributed by atoms with van der Waals surface area (Å²) in [6.07, 6.45) is 4.34. The predicted octanol–water partition coefficient (Wildman–Crippen LogP) is 1.75. The Morgan fingerprint density at radius 2 is 1.94 bits per heavy atom. The zero-order chi connectivity index (χ0) is 25.1. The number of nitrogen functional groups attached to an aromatic ring is 1. The molecule has 3 amide bonds. The number of nitrogens with one attached hydrogen (secondary N) is 2. The van der Waals surface area contributed by atoms with Crippen molar-refractivity contribution < 1.29 is 28.7 Å². The van der Waals surface area contributed by atoms with Crippen molar-refractivity contribution in [3.63, 3.8) is 0 Å². The molecule has 11 heteroatoms. The second-order valence-corrected chi connectivity index (χ2v) is 9.75. The quantitative estimate of drug-likeness (QED) is 0.378. The fraction of sp³-hybridized carbons (Fsp3) is 0.583. The zero-order valence-electron chi connectivity index (χ0n) is 19.6. The fourth-order valence-corrected chi connectivity index (χ4v) is 5.01. The van der Waals surface area contributed by atoms with E-state index in [2.05, 4.69) is 10.6 Å². The van der Waals surface area contributed by atoms with E-state index in [1.54, 1.807) is 6.92 Å². The number of nitrogens with zero attached hydrogens (tertiary/aromatic N) is 1. The maximum atomic E-state index is 13.1. The summed E-state index contributed by atoms with van der Waals surface area (Å²) >= 11 is 5.99. The lowest BCUT2D eigenvalue weighted by Gasteiger charge is -2.29. The highest BCUT2D eigenvalue weighted by Crippen LogP contribution is 2.27. The molecule has 190 valence electrons. The van der Waals surface area contributed by atoms with Gasteiger partial charge in [0.2, 0.25) is 18.1 Å². The Balaban J connectivity index is 1.35. The molecule has 2 aliphatic heterocycles. The smallest absolute Gasteiger partial charge is 0.310 e. The molecule has 10 nitrogen and oxygen atoms in total. The van der Waals surface area contributed by atoms with Gasteiger partial charge in [-0.2, -0.15) is 0 Å². The van der Waals surface area contributed by atoms with Crippen LogP contribution in [0.5, 0.6) is 0 Å². The molecule has 0 spiro atoms. The highest BCUT2D eigenvalue weighted by atomic mass is 35.5. The van der Waals surface area contributed by atoms with Gasteiger partial charge in [0.15, 0.2) is 0 Å². The fourth-order valence-electron chi connectivity index (χ4n) is 4.83. The van der Waals surface area contributed by atoms with Gasteiger partial charge < -0.3 is 30.7 Å². The number of halogens is 1. The minimum absolute atomic E-state index is 0.0234. The molecule has 1 aliphatic carbocycles. The molecule has 4 atom stereocenters. The summed E-state index contributed by atoms with van der Waals surface area (Å²) < 4.78 is 11.2. The Morgan fingerprint density at radius 3 is 2.66 bits per heavy atom. The average Bonchev–Trinajstić information content (AvgIpc) is 3.57. The molecule has 3 fully saturated rings. The van der Waals surface area contributed by atoms with Crippen LogP contribution in [0, 0.1) is 0 Å². The number of carbonyl (C=O) groups is 4. The molecule has 0 aromatic heterocycles. The molecule has 0 bridgehead atoms. The van der Waals surface area contributed by atoms with Gasteiger partial charge in [0.25, 0.3) is 5.91 Å². The molecular formula is C24H31ClN4O6. The van der Waals surface area contributed by atoms with Crippen molar-refractivity contribution >= 4 is 41.0 Å². The third-order valence-corrected chi connectivity index (χ3v) is 7.07. The first-order chi connectivity index (χ1) is 16.7. The number of amides is 3. The summed E-state index contributed by atoms with van der Waals surface area (Å²) in [5.74, 6) is -1.61. The van der Waals surface area contributed by atoms with E-state index in [-0.39, 0.29) is 34.9 Å². The Bertz CT molecular complexity index is 998. The molecule has 3 unspecified atom stereocenters. The summed E-state index contributed by atoms with van der Waals surface area (Å²) in [4.78, 5) is 52.1. The van der Waals surface area contributed by atoms with Gasteiger partial charge in [-0.15, -0.1) is 0 Å². The highest BCUT2D eigenvalue weighted by molar-refractivity contribution is 6.33. The first kappa shape index (κ1) is 25.2. The summed E-state index contributed by atoms with van der Waals surface area (Å²) in [5, 5.41) is 5.77. The van der Waals surface area contributed by atoms with Crippen LogP contribution in [0.4, 0.5) is 5.69 Å². The molecule has 3 aliphatic rings. The molecule has 4 N–H and O–H groups in total. The van der Waals surface area contributed by atoms with E-state index in [0.29, 0.717) is 25.1 Å². The van der Waals surface area contributed by atoms with E-state index in [4.69, 9.17) is 26.8 Å². The van der Waals surface area contributed by atoms with Crippen LogP contribution in [0.3, 0.4) is 0 Å². The van der Waals surface area contributed by atoms with Gasteiger partial charge in [-0.25, -0.2) is 0 Å². The first-order valence-corrected chi connectivity index (χ1v) is 12.4. The molecule has 1 aromatic rings. The maximum absolute atomic E-state index is 13.1. The number of nitrogens with two attached hydrogens (primary N) is 1. The standard InChI is InChI=1S/C24H31ClN4O6/c1-13(27-21(31)14-8-9-17(26)16(25)11-14)23(33)29-10-4-7-19(29)22(32)28-18-12-20(30)35-24(18)34-15-5-2-3-6-15/h8-9,11,13,15,18-19,24H,2-7,10,12,26H2,1H3,(H,27,31)(H,28,32)/t13?,18?,19-,24?/m0/s1. The van der Waals surface area contributed by atoms with Crippen LogP contribution in [0.1, 0.15) is 62.2 Å². The van der Waals surface area contributed by atoms with Crippen LogP contribution in [0.25, 0.3) is 0 Å². The van der Waals surface area contributed by atoms with Crippen molar-refractivity contribution in [2.75, 3.05) is 12.3 Å². The first-order valence-electron chi connectivity index (χ1n) is 12.0. The number of hydrogen-bond donors (Lipinski definition) is 3. The van der Waals surface area contributed by atoms with Gasteiger partial charge in [-0.05, 0) is 50.8 Å². The third-order valence-electron chi connectivity index (χ3n) is 6.74. The van der Waals surface area contributed by atoms with Gasteiger partial charge in [-0.3, -0.25) is 19.2 Å². The number of rotatable bonds is 7. The molecule has 1 aromatic carbocycles. The van der Waals surface area contributed by atoms with Crippen LogP contribution < -0.4 is 16.4 Å². The summed E-state index contributed by atoms with van der Waals surface area (Å²) in [6, 6.07) is 2.32. The van der Waals surface area contributed by atoms with Crippen LogP contribution in [-0.4, -0.2) is 65.7 Å². The molecule has 35 heavy (non-hydrogen) atoms. The normalized spacial score (nSPS) is 25.4. The number of cyclic esters (lactones) is 1. The maximum Gasteiger partial charge on any atom is 0.310 e. The number of esters is 1. The minimum Gasteiger partial charge on any atom is -0.433 e. The van der Waals surface area contributed by atoms with Crippen molar-refractivity contribution in [3.05, 3.63) is 28.8 Å². The molecule has 2 heterocycles. The second-order valence-electron chi connectivity index (χ2n) is 9.34. The average molecular weight is 507 g/mol. The van der Waals surface area contributed by atoms with E-state index < -0.39 is 36.3 Å². The Hall–Kier alpha value is -2.85. The number of likely N-dealkylation sites (tertiary alicyclic amines) is 1. The van der Waals surface area contributed by atoms with E-state index in [9.17, 15) is 19.2 Å². The number of carbonyl (C=O) groups excluding carboxylic acids is 4. The summed E-state index contributed by atoms with van der Waals surface area (Å²) in [5.41, 5.74) is 6.31. The van der Waals surface area contributed by atoms with Gasteiger partial charge >= 0.3 is 5.97 Å². The van der Waals surface area contributed by atoms with E-state index in [0.717, 1.165) is 25.7 Å². The summed E-state index contributed by atoms with van der Waals surface area (Å²) in [7, 11) is 0. The largest absolute Gasteiger partial charge is 0.433 e. The lowest BCUT2D eigenvalue weighted by Crippen LogP contribution is -2.54. The van der Waals surface area contributed by atoms with Crippen molar-refractivity contribution in [3.8, 4) is 0 Å². The van der Waals surface area contributed by atoms with Crippen LogP contribution in [0.2, 0.25) is 5.02 Å². The lowest BCUT2D eigenvalue weighted by molar-refractivity contribution is -0.176. The topological polar surface area (TPSA) is 140 Å². The number of ether oxygens (including phenoxy) is 2. The Labute approximate surface area is 208 Å². The predicted molar refractivity (Wildman–Crippen MR) is 127 cm³/mol. The molecule has 2 saturated heterocycles. The SMILES string of the molecule is CC(NC(=O)c1ccc(N)c(Cl)c1)C(=O)N1CCC[C@H]1C(=O)NC1CC(=O)OC1OC1CCCC1. The van der Waals surface area contributed by atoms with Gasteiger partial charge in [0.1, 0.15) is 18.1 Å².